The molecule has 2 aliphatic carbocycles. The zero-order valence-electron chi connectivity index (χ0n) is 15.8. The van der Waals surface area contributed by atoms with Gasteiger partial charge in [0, 0.05) is 0 Å². The van der Waals surface area contributed by atoms with Crippen molar-refractivity contribution in [2.75, 3.05) is 0 Å². The van der Waals surface area contributed by atoms with Crippen molar-refractivity contribution in [3.8, 4) is 0 Å². The summed E-state index contributed by atoms with van der Waals surface area (Å²) in [6.07, 6.45) is 13.3. The van der Waals surface area contributed by atoms with Crippen LogP contribution < -0.4 is 0 Å². The molecule has 2 heteroatoms. The highest BCUT2D eigenvalue weighted by atomic mass is 32.1. The molecular weight excluding hydrogens is 303 g/mol. The van der Waals surface area contributed by atoms with Crippen molar-refractivity contribution in [3.63, 3.8) is 0 Å². The predicted octanol–water partition coefficient (Wildman–Crippen LogP) is 6.98. The first-order chi connectivity index (χ1) is 10.3. The minimum absolute atomic E-state index is 0. The van der Waals surface area contributed by atoms with E-state index in [0.717, 1.165) is 29.7 Å². The molecule has 0 aromatic carbocycles. The molecule has 0 saturated heterocycles. The van der Waals surface area contributed by atoms with E-state index < -0.39 is 5.67 Å². The summed E-state index contributed by atoms with van der Waals surface area (Å²) in [5.41, 5.74) is 1.22. The summed E-state index contributed by atoms with van der Waals surface area (Å²) in [4.78, 5) is 0. The second-order valence-electron chi connectivity index (χ2n) is 8.56. The molecule has 0 aromatic rings. The molecule has 0 aromatic heterocycles. The van der Waals surface area contributed by atoms with Gasteiger partial charge in [0.2, 0.25) is 0 Å². The zero-order chi connectivity index (χ0) is 16.3. The van der Waals surface area contributed by atoms with E-state index in [-0.39, 0.29) is 13.5 Å². The van der Waals surface area contributed by atoms with Crippen LogP contribution in [0.4, 0.5) is 4.39 Å². The van der Waals surface area contributed by atoms with Crippen molar-refractivity contribution in [2.24, 2.45) is 23.7 Å². The first-order valence-electron chi connectivity index (χ1n) is 9.36. The fourth-order valence-electron chi connectivity index (χ4n) is 4.08. The largest absolute Gasteiger partial charge is 0.240 e. The lowest BCUT2D eigenvalue weighted by molar-refractivity contribution is 0.209. The third-order valence-electron chi connectivity index (χ3n) is 6.21. The van der Waals surface area contributed by atoms with Gasteiger partial charge in [-0.15, -0.1) is 0 Å². The van der Waals surface area contributed by atoms with Crippen LogP contribution in [0, 0.1) is 23.7 Å². The Hall–Kier alpha value is -0.240. The van der Waals surface area contributed by atoms with Crippen molar-refractivity contribution < 1.29 is 4.39 Å². The van der Waals surface area contributed by atoms with Crippen LogP contribution in [0.25, 0.3) is 0 Å². The van der Waals surface area contributed by atoms with Crippen LogP contribution in [-0.4, -0.2) is 5.67 Å². The van der Waals surface area contributed by atoms with Gasteiger partial charge in [-0.3, -0.25) is 0 Å². The first kappa shape index (κ1) is 20.8. The van der Waals surface area contributed by atoms with Crippen LogP contribution in [0.2, 0.25) is 0 Å². The van der Waals surface area contributed by atoms with E-state index in [1.165, 1.54) is 44.1 Å². The molecular formula is C21H37FS. The summed E-state index contributed by atoms with van der Waals surface area (Å²) in [5.74, 6) is 3.34. The summed E-state index contributed by atoms with van der Waals surface area (Å²) in [6.45, 7) is 10.5. The second kappa shape index (κ2) is 8.74. The highest BCUT2D eigenvalue weighted by Gasteiger charge is 2.27. The zero-order valence-corrected chi connectivity index (χ0v) is 16.8. The van der Waals surface area contributed by atoms with Gasteiger partial charge in [0.25, 0.3) is 0 Å². The summed E-state index contributed by atoms with van der Waals surface area (Å²) in [5, 5.41) is 0. The number of rotatable bonds is 6. The highest BCUT2D eigenvalue weighted by molar-refractivity contribution is 7.59. The van der Waals surface area contributed by atoms with E-state index in [2.05, 4.69) is 26.8 Å². The Kier molecular flexibility index (Phi) is 7.90. The molecule has 0 spiro atoms. The van der Waals surface area contributed by atoms with Crippen molar-refractivity contribution >= 4 is 13.5 Å². The molecule has 0 aliphatic heterocycles. The fourth-order valence-corrected chi connectivity index (χ4v) is 4.08. The van der Waals surface area contributed by atoms with Gasteiger partial charge < -0.3 is 0 Å². The average molecular weight is 341 g/mol. The number of allylic oxidation sites excluding steroid dienone is 4. The molecule has 2 rings (SSSR count). The molecule has 0 heterocycles. The first-order valence-corrected chi connectivity index (χ1v) is 9.36. The van der Waals surface area contributed by atoms with Crippen LogP contribution in [0.3, 0.4) is 0 Å². The summed E-state index contributed by atoms with van der Waals surface area (Å²) in [7, 11) is 0. The minimum Gasteiger partial charge on any atom is -0.240 e. The van der Waals surface area contributed by atoms with Gasteiger partial charge in [0.1, 0.15) is 5.67 Å². The summed E-state index contributed by atoms with van der Waals surface area (Å²) < 4.78 is 14.0. The van der Waals surface area contributed by atoms with Crippen molar-refractivity contribution in [1.82, 2.24) is 0 Å². The topological polar surface area (TPSA) is 0 Å². The van der Waals surface area contributed by atoms with Gasteiger partial charge in [-0.1, -0.05) is 51.3 Å². The van der Waals surface area contributed by atoms with Gasteiger partial charge in [-0.05, 0) is 75.2 Å². The molecule has 2 unspecified atom stereocenters. The number of hydrogen-bond donors (Lipinski definition) is 0. The number of hydrogen-bond acceptors (Lipinski definition) is 0. The normalized spacial score (nSPS) is 27.7. The van der Waals surface area contributed by atoms with E-state index in [9.17, 15) is 4.39 Å². The molecule has 2 aliphatic rings. The molecule has 0 bridgehead atoms. The molecule has 2 atom stereocenters. The Morgan fingerprint density at radius 3 is 2.22 bits per heavy atom. The van der Waals surface area contributed by atoms with Crippen molar-refractivity contribution in [2.45, 2.75) is 85.2 Å². The molecule has 134 valence electrons. The summed E-state index contributed by atoms with van der Waals surface area (Å²) >= 11 is 0. The van der Waals surface area contributed by atoms with Crippen LogP contribution in [-0.2, 0) is 0 Å². The SMILES string of the molecule is CC1CCC(C(C)CCC(C)C2=CC=C(C(C)(C)F)C2)CC1.S. The van der Waals surface area contributed by atoms with Crippen LogP contribution in [0.5, 0.6) is 0 Å². The maximum Gasteiger partial charge on any atom is 0.127 e. The lowest BCUT2D eigenvalue weighted by atomic mass is 9.75. The molecule has 0 nitrogen and oxygen atoms in total. The smallest absolute Gasteiger partial charge is 0.127 e. The van der Waals surface area contributed by atoms with E-state index >= 15 is 0 Å². The van der Waals surface area contributed by atoms with Crippen LogP contribution >= 0.6 is 13.5 Å². The van der Waals surface area contributed by atoms with E-state index in [4.69, 9.17) is 0 Å². The Labute approximate surface area is 150 Å². The monoisotopic (exact) mass is 340 g/mol. The quantitative estimate of drug-likeness (QED) is 0.489. The van der Waals surface area contributed by atoms with Gasteiger partial charge >= 0.3 is 0 Å². The van der Waals surface area contributed by atoms with Gasteiger partial charge in [-0.2, -0.15) is 13.5 Å². The number of halogens is 1. The Balaban J connectivity index is 0.00000264. The van der Waals surface area contributed by atoms with Crippen LogP contribution in [0.1, 0.15) is 79.6 Å². The molecule has 0 radical (unpaired) electrons. The standard InChI is InChI=1S/C21H35F.H2S/c1-15-6-10-18(11-7-15)16(2)8-9-17(3)19-12-13-20(14-19)21(4,5)22;/h12-13,15-18H,6-11,14H2,1-5H3;1H2. The summed E-state index contributed by atoms with van der Waals surface area (Å²) in [6, 6.07) is 0. The van der Waals surface area contributed by atoms with E-state index in [0.29, 0.717) is 5.92 Å². The maximum atomic E-state index is 14.0. The highest BCUT2D eigenvalue weighted by Crippen LogP contribution is 2.38. The third kappa shape index (κ3) is 5.96. The van der Waals surface area contributed by atoms with Crippen LogP contribution in [0.15, 0.2) is 23.3 Å². The fraction of sp³-hybridized carbons (Fsp3) is 0.810. The molecule has 0 N–H and O–H groups in total. The molecule has 0 amide bonds. The maximum absolute atomic E-state index is 14.0. The lowest BCUT2D eigenvalue weighted by Gasteiger charge is -2.31. The lowest BCUT2D eigenvalue weighted by Crippen LogP contribution is -2.19. The van der Waals surface area contributed by atoms with Gasteiger partial charge in [0.15, 0.2) is 0 Å². The van der Waals surface area contributed by atoms with E-state index in [1.807, 2.05) is 6.08 Å². The Morgan fingerprint density at radius 2 is 1.70 bits per heavy atom. The van der Waals surface area contributed by atoms with Gasteiger partial charge in [-0.25, -0.2) is 4.39 Å². The minimum atomic E-state index is -1.16. The molecule has 1 fully saturated rings. The second-order valence-corrected chi connectivity index (χ2v) is 8.56. The predicted molar refractivity (Wildman–Crippen MR) is 105 cm³/mol. The molecule has 23 heavy (non-hydrogen) atoms. The average Bonchev–Trinajstić information content (AvgIpc) is 2.95. The van der Waals surface area contributed by atoms with Gasteiger partial charge in [0.05, 0.1) is 0 Å². The van der Waals surface area contributed by atoms with Crippen molar-refractivity contribution in [3.05, 3.63) is 23.3 Å². The Morgan fingerprint density at radius 1 is 1.09 bits per heavy atom. The van der Waals surface area contributed by atoms with Crippen molar-refractivity contribution in [1.29, 1.82) is 0 Å². The Bertz CT molecular complexity index is 422. The third-order valence-corrected chi connectivity index (χ3v) is 6.21. The van der Waals surface area contributed by atoms with E-state index in [1.54, 1.807) is 13.8 Å². The number of alkyl halides is 1. The molecule has 1 saturated carbocycles.